The molecule has 1 N–H and O–H groups in total. The first-order valence-electron chi connectivity index (χ1n) is 5.20. The van der Waals surface area contributed by atoms with E-state index in [9.17, 15) is 0 Å². The van der Waals surface area contributed by atoms with Crippen LogP contribution in [0.5, 0.6) is 0 Å². The standard InChI is InChI=1S/C13H13ClN2/c1-2-7-15-8-10-16-9-6-11-12(14)4-3-5-13(11)16/h1,3-6,9,15H,7-8,10H2. The monoisotopic (exact) mass is 232 g/mol. The van der Waals surface area contributed by atoms with Crippen LogP contribution in [0.15, 0.2) is 30.5 Å². The van der Waals surface area contributed by atoms with Crippen molar-refractivity contribution in [3.63, 3.8) is 0 Å². The Bertz CT molecular complexity index is 522. The van der Waals surface area contributed by atoms with Crippen molar-refractivity contribution in [2.45, 2.75) is 6.54 Å². The van der Waals surface area contributed by atoms with Crippen LogP contribution in [0.4, 0.5) is 0 Å². The van der Waals surface area contributed by atoms with Gasteiger partial charge in [0.1, 0.15) is 0 Å². The van der Waals surface area contributed by atoms with E-state index in [0.29, 0.717) is 6.54 Å². The number of nitrogens with one attached hydrogen (secondary N) is 1. The molecule has 0 bridgehead atoms. The highest BCUT2D eigenvalue weighted by Crippen LogP contribution is 2.23. The molecule has 82 valence electrons. The summed E-state index contributed by atoms with van der Waals surface area (Å²) in [5.74, 6) is 2.55. The van der Waals surface area contributed by atoms with E-state index in [2.05, 4.69) is 21.9 Å². The number of hydrogen-bond acceptors (Lipinski definition) is 1. The Labute approximate surface area is 100 Å². The molecule has 2 rings (SSSR count). The summed E-state index contributed by atoms with van der Waals surface area (Å²) >= 11 is 6.10. The summed E-state index contributed by atoms with van der Waals surface area (Å²) in [6, 6.07) is 7.99. The summed E-state index contributed by atoms with van der Waals surface area (Å²) < 4.78 is 2.17. The van der Waals surface area contributed by atoms with E-state index in [1.807, 2.05) is 24.4 Å². The Balaban J connectivity index is 2.14. The Hall–Kier alpha value is -1.43. The van der Waals surface area contributed by atoms with E-state index in [1.54, 1.807) is 0 Å². The van der Waals surface area contributed by atoms with Crippen LogP contribution >= 0.6 is 11.6 Å². The minimum absolute atomic E-state index is 0.611. The van der Waals surface area contributed by atoms with Gasteiger partial charge in [0.2, 0.25) is 0 Å². The first-order valence-corrected chi connectivity index (χ1v) is 5.58. The molecule has 0 saturated carbocycles. The number of hydrogen-bond donors (Lipinski definition) is 1. The van der Waals surface area contributed by atoms with Gasteiger partial charge >= 0.3 is 0 Å². The zero-order valence-corrected chi connectivity index (χ0v) is 9.67. The molecule has 0 aliphatic carbocycles. The molecular weight excluding hydrogens is 220 g/mol. The van der Waals surface area contributed by atoms with Crippen LogP contribution in [0, 0.1) is 12.3 Å². The molecular formula is C13H13ClN2. The van der Waals surface area contributed by atoms with Gasteiger partial charge in [-0.15, -0.1) is 6.42 Å². The van der Waals surface area contributed by atoms with Gasteiger partial charge in [-0.25, -0.2) is 0 Å². The Morgan fingerprint density at radius 2 is 2.25 bits per heavy atom. The molecule has 0 atom stereocenters. The Morgan fingerprint density at radius 1 is 1.38 bits per heavy atom. The molecule has 16 heavy (non-hydrogen) atoms. The van der Waals surface area contributed by atoms with Crippen molar-refractivity contribution in [1.29, 1.82) is 0 Å². The largest absolute Gasteiger partial charge is 0.346 e. The van der Waals surface area contributed by atoms with Crippen LogP contribution in [0.25, 0.3) is 10.9 Å². The average molecular weight is 233 g/mol. The maximum Gasteiger partial charge on any atom is 0.0574 e. The number of terminal acetylenes is 1. The highest BCUT2D eigenvalue weighted by Gasteiger charge is 2.02. The van der Waals surface area contributed by atoms with E-state index < -0.39 is 0 Å². The zero-order chi connectivity index (χ0) is 11.4. The van der Waals surface area contributed by atoms with Gasteiger partial charge in [-0.3, -0.25) is 0 Å². The van der Waals surface area contributed by atoms with Crippen LogP contribution in [0.3, 0.4) is 0 Å². The van der Waals surface area contributed by atoms with Crippen LogP contribution in [0.1, 0.15) is 0 Å². The van der Waals surface area contributed by atoms with E-state index in [0.717, 1.165) is 29.0 Å². The van der Waals surface area contributed by atoms with Gasteiger partial charge in [0, 0.05) is 35.2 Å². The molecule has 1 aromatic carbocycles. The molecule has 0 spiro atoms. The quantitative estimate of drug-likeness (QED) is 0.633. The lowest BCUT2D eigenvalue weighted by Crippen LogP contribution is -2.19. The van der Waals surface area contributed by atoms with Crippen molar-refractivity contribution >= 4 is 22.5 Å². The first kappa shape index (κ1) is 11.1. The molecule has 2 aromatic rings. The van der Waals surface area contributed by atoms with Gasteiger partial charge in [-0.05, 0) is 18.2 Å². The Kier molecular flexibility index (Phi) is 3.51. The molecule has 1 heterocycles. The predicted octanol–water partition coefficient (Wildman–Crippen LogP) is 2.52. The topological polar surface area (TPSA) is 17.0 Å². The minimum atomic E-state index is 0.611. The van der Waals surface area contributed by atoms with Crippen molar-refractivity contribution in [2.75, 3.05) is 13.1 Å². The molecule has 0 aliphatic heterocycles. The maximum absolute atomic E-state index is 6.10. The number of benzene rings is 1. The second kappa shape index (κ2) is 5.07. The van der Waals surface area contributed by atoms with Crippen molar-refractivity contribution in [3.05, 3.63) is 35.5 Å². The van der Waals surface area contributed by atoms with Gasteiger partial charge in [0.15, 0.2) is 0 Å². The van der Waals surface area contributed by atoms with E-state index in [-0.39, 0.29) is 0 Å². The van der Waals surface area contributed by atoms with Crippen molar-refractivity contribution < 1.29 is 0 Å². The fourth-order valence-corrected chi connectivity index (χ4v) is 1.97. The lowest BCUT2D eigenvalue weighted by atomic mass is 10.2. The molecule has 0 radical (unpaired) electrons. The summed E-state index contributed by atoms with van der Waals surface area (Å²) in [5, 5.41) is 5.06. The second-order valence-corrected chi connectivity index (χ2v) is 3.97. The third kappa shape index (κ3) is 2.21. The molecule has 2 nitrogen and oxygen atoms in total. The van der Waals surface area contributed by atoms with Gasteiger partial charge in [-0.1, -0.05) is 23.6 Å². The van der Waals surface area contributed by atoms with Gasteiger partial charge in [0.25, 0.3) is 0 Å². The molecule has 0 fully saturated rings. The number of nitrogens with zero attached hydrogens (tertiary/aromatic N) is 1. The van der Waals surface area contributed by atoms with Gasteiger partial charge in [0.05, 0.1) is 6.54 Å². The summed E-state index contributed by atoms with van der Waals surface area (Å²) in [4.78, 5) is 0. The zero-order valence-electron chi connectivity index (χ0n) is 8.91. The third-order valence-corrected chi connectivity index (χ3v) is 2.85. The van der Waals surface area contributed by atoms with Crippen LogP contribution < -0.4 is 5.32 Å². The maximum atomic E-state index is 6.10. The highest BCUT2D eigenvalue weighted by atomic mass is 35.5. The van der Waals surface area contributed by atoms with E-state index >= 15 is 0 Å². The van der Waals surface area contributed by atoms with Crippen molar-refractivity contribution in [1.82, 2.24) is 9.88 Å². The van der Waals surface area contributed by atoms with Crippen LogP contribution in [0.2, 0.25) is 5.02 Å². The number of rotatable bonds is 4. The molecule has 0 saturated heterocycles. The lowest BCUT2D eigenvalue weighted by molar-refractivity contribution is 0.644. The lowest BCUT2D eigenvalue weighted by Gasteiger charge is -2.05. The SMILES string of the molecule is C#CCNCCn1ccc2c(Cl)cccc21. The highest BCUT2D eigenvalue weighted by molar-refractivity contribution is 6.35. The van der Waals surface area contributed by atoms with Crippen LogP contribution in [-0.4, -0.2) is 17.7 Å². The third-order valence-electron chi connectivity index (χ3n) is 2.52. The average Bonchev–Trinajstić information content (AvgIpc) is 2.70. The number of fused-ring (bicyclic) bond motifs is 1. The molecule has 0 aliphatic rings. The first-order chi connectivity index (χ1) is 7.83. The van der Waals surface area contributed by atoms with Gasteiger partial charge < -0.3 is 9.88 Å². The van der Waals surface area contributed by atoms with E-state index in [4.69, 9.17) is 18.0 Å². The number of aromatic nitrogens is 1. The summed E-state index contributed by atoms with van der Waals surface area (Å²) in [7, 11) is 0. The summed E-state index contributed by atoms with van der Waals surface area (Å²) in [5.41, 5.74) is 1.16. The fourth-order valence-electron chi connectivity index (χ4n) is 1.74. The smallest absolute Gasteiger partial charge is 0.0574 e. The normalized spacial score (nSPS) is 10.5. The molecule has 3 heteroatoms. The molecule has 0 amide bonds. The molecule has 0 unspecified atom stereocenters. The molecule has 1 aromatic heterocycles. The summed E-state index contributed by atoms with van der Waals surface area (Å²) in [6.07, 6.45) is 7.21. The fraction of sp³-hybridized carbons (Fsp3) is 0.231. The number of halogens is 1. The second-order valence-electron chi connectivity index (χ2n) is 3.56. The van der Waals surface area contributed by atoms with Gasteiger partial charge in [-0.2, -0.15) is 0 Å². The Morgan fingerprint density at radius 3 is 3.06 bits per heavy atom. The van der Waals surface area contributed by atoms with Crippen molar-refractivity contribution in [2.24, 2.45) is 0 Å². The summed E-state index contributed by atoms with van der Waals surface area (Å²) in [6.45, 7) is 2.37. The predicted molar refractivity (Wildman–Crippen MR) is 68.7 cm³/mol. The van der Waals surface area contributed by atoms with Crippen LogP contribution in [-0.2, 0) is 6.54 Å². The van der Waals surface area contributed by atoms with E-state index in [1.165, 1.54) is 0 Å². The van der Waals surface area contributed by atoms with Crippen molar-refractivity contribution in [3.8, 4) is 12.3 Å². The minimum Gasteiger partial charge on any atom is -0.346 e.